The summed E-state index contributed by atoms with van der Waals surface area (Å²) in [6.45, 7) is -0.501. The van der Waals surface area contributed by atoms with E-state index in [4.69, 9.17) is 31.5 Å². The van der Waals surface area contributed by atoms with Crippen LogP contribution in [0.2, 0.25) is 5.02 Å². The van der Waals surface area contributed by atoms with Gasteiger partial charge < -0.3 is 25.3 Å². The Morgan fingerprint density at radius 2 is 1.85 bits per heavy atom. The molecule has 0 aromatic heterocycles. The highest BCUT2D eigenvalue weighted by atomic mass is 79.9. The van der Waals surface area contributed by atoms with Gasteiger partial charge in [0, 0.05) is 22.3 Å². The first-order chi connectivity index (χ1) is 12.3. The zero-order chi connectivity index (χ0) is 19.3. The summed E-state index contributed by atoms with van der Waals surface area (Å²) in [5, 5.41) is 2.91. The van der Waals surface area contributed by atoms with Gasteiger partial charge in [-0.3, -0.25) is 4.79 Å². The molecule has 0 spiro atoms. The van der Waals surface area contributed by atoms with Crippen LogP contribution in [0, 0.1) is 0 Å². The fourth-order valence-corrected chi connectivity index (χ4v) is 2.65. The quantitative estimate of drug-likeness (QED) is 0.524. The first kappa shape index (κ1) is 19.9. The van der Waals surface area contributed by atoms with Crippen molar-refractivity contribution in [3.63, 3.8) is 0 Å². The van der Waals surface area contributed by atoms with Crippen molar-refractivity contribution in [3.05, 3.63) is 45.4 Å². The Morgan fingerprint density at radius 3 is 2.50 bits per heavy atom. The van der Waals surface area contributed by atoms with Crippen molar-refractivity contribution in [2.75, 3.05) is 31.9 Å². The fourth-order valence-electron chi connectivity index (χ4n) is 2.06. The van der Waals surface area contributed by atoms with Gasteiger partial charge in [0.05, 0.1) is 30.5 Å². The zero-order valence-electron chi connectivity index (χ0n) is 14.0. The molecule has 138 valence electrons. The molecule has 0 saturated heterocycles. The van der Waals surface area contributed by atoms with Crippen molar-refractivity contribution < 1.29 is 23.8 Å². The van der Waals surface area contributed by atoms with Crippen molar-refractivity contribution in [2.24, 2.45) is 0 Å². The van der Waals surface area contributed by atoms with Crippen LogP contribution >= 0.6 is 27.5 Å². The fraction of sp³-hybridized carbons (Fsp3) is 0.176. The van der Waals surface area contributed by atoms with Crippen LogP contribution in [0.5, 0.6) is 11.5 Å². The number of carbonyl (C=O) groups is 2. The monoisotopic (exact) mass is 442 g/mol. The van der Waals surface area contributed by atoms with Crippen molar-refractivity contribution in [3.8, 4) is 11.5 Å². The summed E-state index contributed by atoms with van der Waals surface area (Å²) < 4.78 is 15.9. The lowest BCUT2D eigenvalue weighted by Crippen LogP contribution is -2.21. The Bertz CT molecular complexity index is 844. The molecule has 9 heteroatoms. The van der Waals surface area contributed by atoms with E-state index in [1.807, 2.05) is 0 Å². The molecule has 2 rings (SSSR count). The van der Waals surface area contributed by atoms with Crippen molar-refractivity contribution in [1.82, 2.24) is 0 Å². The molecule has 0 radical (unpaired) electrons. The van der Waals surface area contributed by atoms with Gasteiger partial charge in [-0.25, -0.2) is 4.79 Å². The van der Waals surface area contributed by atoms with E-state index in [0.29, 0.717) is 26.7 Å². The van der Waals surface area contributed by atoms with Gasteiger partial charge in [-0.15, -0.1) is 0 Å². The van der Waals surface area contributed by atoms with Crippen LogP contribution in [0.15, 0.2) is 34.8 Å². The molecule has 0 aliphatic heterocycles. The van der Waals surface area contributed by atoms with Gasteiger partial charge >= 0.3 is 5.97 Å². The van der Waals surface area contributed by atoms with Crippen LogP contribution in [0.3, 0.4) is 0 Å². The molecular weight excluding hydrogens is 428 g/mol. The lowest BCUT2D eigenvalue weighted by Gasteiger charge is -2.13. The first-order valence-electron chi connectivity index (χ1n) is 7.29. The van der Waals surface area contributed by atoms with Crippen LogP contribution in [0.25, 0.3) is 0 Å². The van der Waals surface area contributed by atoms with E-state index >= 15 is 0 Å². The average Bonchev–Trinajstić information content (AvgIpc) is 2.62. The number of ether oxygens (including phenoxy) is 3. The second-order valence-corrected chi connectivity index (χ2v) is 6.37. The number of hydrogen-bond acceptors (Lipinski definition) is 6. The smallest absolute Gasteiger partial charge is 0.340 e. The van der Waals surface area contributed by atoms with Crippen molar-refractivity contribution >= 4 is 50.8 Å². The van der Waals surface area contributed by atoms with Crippen molar-refractivity contribution in [1.29, 1.82) is 0 Å². The van der Waals surface area contributed by atoms with E-state index in [-0.39, 0.29) is 11.3 Å². The number of nitrogens with two attached hydrogens (primary N) is 1. The molecule has 0 aliphatic rings. The Labute approximate surface area is 163 Å². The molecule has 0 atom stereocenters. The summed E-state index contributed by atoms with van der Waals surface area (Å²) in [7, 11) is 2.88. The molecule has 7 nitrogen and oxygen atoms in total. The van der Waals surface area contributed by atoms with Gasteiger partial charge in [0.2, 0.25) is 0 Å². The number of nitrogen functional groups attached to an aromatic ring is 1. The number of methoxy groups -OCH3 is 2. The van der Waals surface area contributed by atoms with Crippen LogP contribution in [0.4, 0.5) is 11.4 Å². The third-order valence-corrected chi connectivity index (χ3v) is 4.11. The average molecular weight is 444 g/mol. The van der Waals surface area contributed by atoms with E-state index in [1.165, 1.54) is 32.4 Å². The third kappa shape index (κ3) is 4.80. The Balaban J connectivity index is 2.05. The maximum Gasteiger partial charge on any atom is 0.340 e. The largest absolute Gasteiger partial charge is 0.495 e. The summed E-state index contributed by atoms with van der Waals surface area (Å²) in [4.78, 5) is 24.2. The van der Waals surface area contributed by atoms with Gasteiger partial charge in [0.25, 0.3) is 5.91 Å². The number of hydrogen-bond donors (Lipinski definition) is 2. The normalized spacial score (nSPS) is 10.2. The van der Waals surface area contributed by atoms with E-state index in [2.05, 4.69) is 21.2 Å². The molecule has 0 saturated carbocycles. The molecule has 0 bridgehead atoms. The van der Waals surface area contributed by atoms with E-state index in [9.17, 15) is 9.59 Å². The summed E-state index contributed by atoms with van der Waals surface area (Å²) in [6.07, 6.45) is 0. The number of nitrogens with one attached hydrogen (secondary N) is 1. The SMILES string of the molecule is COc1cc(NC(=O)COC(=O)c2cc(Br)ccc2N)c(OC)cc1Cl. The molecule has 2 aromatic carbocycles. The molecule has 0 fully saturated rings. The Kier molecular flexibility index (Phi) is 6.70. The van der Waals surface area contributed by atoms with Gasteiger partial charge in [-0.1, -0.05) is 27.5 Å². The van der Waals surface area contributed by atoms with Gasteiger partial charge in [0.15, 0.2) is 6.61 Å². The summed E-state index contributed by atoms with van der Waals surface area (Å²) in [5.74, 6) is -0.567. The lowest BCUT2D eigenvalue weighted by atomic mass is 10.2. The summed E-state index contributed by atoms with van der Waals surface area (Å²) >= 11 is 9.26. The van der Waals surface area contributed by atoms with Gasteiger partial charge in [0.1, 0.15) is 11.5 Å². The first-order valence-corrected chi connectivity index (χ1v) is 8.46. The zero-order valence-corrected chi connectivity index (χ0v) is 16.3. The molecule has 1 amide bonds. The molecule has 0 heterocycles. The summed E-state index contributed by atoms with van der Waals surface area (Å²) in [6, 6.07) is 7.78. The molecule has 0 unspecified atom stereocenters. The summed E-state index contributed by atoms with van der Waals surface area (Å²) in [5.41, 5.74) is 6.49. The highest BCUT2D eigenvalue weighted by Gasteiger charge is 2.16. The maximum absolute atomic E-state index is 12.1. The minimum atomic E-state index is -0.709. The van der Waals surface area contributed by atoms with Crippen LogP contribution in [-0.2, 0) is 9.53 Å². The minimum absolute atomic E-state index is 0.165. The number of halogens is 2. The number of benzene rings is 2. The third-order valence-electron chi connectivity index (χ3n) is 3.32. The number of carbonyl (C=O) groups excluding carboxylic acids is 2. The van der Waals surface area contributed by atoms with Crippen LogP contribution < -0.4 is 20.5 Å². The number of amides is 1. The molecular formula is C17H16BrClN2O5. The predicted octanol–water partition coefficient (Wildman–Crippen LogP) is 3.50. The molecule has 3 N–H and O–H groups in total. The standard InChI is InChI=1S/C17H16BrClN2O5/c1-24-14-7-13(15(25-2)6-11(14)19)21-16(22)8-26-17(23)10-5-9(18)3-4-12(10)20/h3-7H,8,20H2,1-2H3,(H,21,22). The number of esters is 1. The van der Waals surface area contributed by atoms with Gasteiger partial charge in [-0.05, 0) is 18.2 Å². The molecule has 0 aliphatic carbocycles. The minimum Gasteiger partial charge on any atom is -0.495 e. The van der Waals surface area contributed by atoms with Crippen LogP contribution in [0.1, 0.15) is 10.4 Å². The second kappa shape index (κ2) is 8.77. The van der Waals surface area contributed by atoms with Crippen molar-refractivity contribution in [2.45, 2.75) is 0 Å². The van der Waals surface area contributed by atoms with E-state index < -0.39 is 18.5 Å². The Hall–Kier alpha value is -2.45. The topological polar surface area (TPSA) is 99.9 Å². The highest BCUT2D eigenvalue weighted by Crippen LogP contribution is 2.35. The molecule has 2 aromatic rings. The predicted molar refractivity (Wildman–Crippen MR) is 102 cm³/mol. The number of anilines is 2. The number of rotatable bonds is 6. The second-order valence-electron chi connectivity index (χ2n) is 5.04. The van der Waals surface area contributed by atoms with Gasteiger partial charge in [-0.2, -0.15) is 0 Å². The molecule has 26 heavy (non-hydrogen) atoms. The van der Waals surface area contributed by atoms with Crippen LogP contribution in [-0.4, -0.2) is 32.7 Å². The van der Waals surface area contributed by atoms with E-state index in [0.717, 1.165) is 0 Å². The lowest BCUT2D eigenvalue weighted by molar-refractivity contribution is -0.119. The Morgan fingerprint density at radius 1 is 1.15 bits per heavy atom. The maximum atomic E-state index is 12.1. The van der Waals surface area contributed by atoms with E-state index in [1.54, 1.807) is 12.1 Å². The highest BCUT2D eigenvalue weighted by molar-refractivity contribution is 9.10.